The van der Waals surface area contributed by atoms with E-state index >= 15 is 0 Å². The monoisotopic (exact) mass is 356 g/mol. The first-order valence-corrected chi connectivity index (χ1v) is 8.21. The first kappa shape index (κ1) is 17.0. The summed E-state index contributed by atoms with van der Waals surface area (Å²) in [7, 11) is 0. The van der Waals surface area contributed by atoms with Gasteiger partial charge in [-0.25, -0.2) is 4.39 Å². The van der Waals surface area contributed by atoms with Crippen LogP contribution in [-0.4, -0.2) is 20.7 Å². The van der Waals surface area contributed by atoms with Gasteiger partial charge in [0.25, 0.3) is 0 Å². The highest BCUT2D eigenvalue weighted by atomic mass is 32.1. The molecule has 0 atom stereocenters. The van der Waals surface area contributed by atoms with Crippen LogP contribution in [0, 0.1) is 17.5 Å². The zero-order valence-electron chi connectivity index (χ0n) is 13.6. The Kier molecular flexibility index (Phi) is 5.04. The quantitative estimate of drug-likeness (QED) is 0.677. The van der Waals surface area contributed by atoms with Gasteiger partial charge in [-0.2, -0.15) is 5.10 Å². The van der Waals surface area contributed by atoms with Crippen molar-refractivity contribution in [3.8, 4) is 11.4 Å². The third-order valence-corrected chi connectivity index (χ3v) is 4.07. The maximum absolute atomic E-state index is 12.9. The van der Waals surface area contributed by atoms with Gasteiger partial charge in [-0.05, 0) is 43.4 Å². The Morgan fingerprint density at radius 2 is 1.88 bits per heavy atom. The molecule has 0 aliphatic rings. The van der Waals surface area contributed by atoms with Gasteiger partial charge in [-0.15, -0.1) is 0 Å². The number of aromatic amines is 1. The minimum atomic E-state index is -0.342. The number of aryl methyl sites for hydroxylation is 1. The minimum Gasteiger partial charge on any atom is -0.326 e. The molecule has 128 valence electrons. The minimum absolute atomic E-state index is 0.176. The molecule has 3 aromatic rings. The summed E-state index contributed by atoms with van der Waals surface area (Å²) in [6, 6.07) is 13.6. The molecule has 1 amide bonds. The number of carbonyl (C=O) groups is 1. The summed E-state index contributed by atoms with van der Waals surface area (Å²) in [6.45, 7) is 2.41. The Balaban J connectivity index is 1.70. The molecule has 0 unspecified atom stereocenters. The fraction of sp³-hybridized carbons (Fsp3) is 0.167. The second-order valence-corrected chi connectivity index (χ2v) is 6.06. The molecule has 0 saturated carbocycles. The fourth-order valence-electron chi connectivity index (χ4n) is 2.42. The molecule has 1 heterocycles. The molecule has 2 aromatic carbocycles. The first-order valence-electron chi connectivity index (χ1n) is 7.80. The van der Waals surface area contributed by atoms with Gasteiger partial charge >= 0.3 is 0 Å². The van der Waals surface area contributed by atoms with Crippen LogP contribution in [0.25, 0.3) is 11.4 Å². The van der Waals surface area contributed by atoms with Crippen molar-refractivity contribution in [1.82, 2.24) is 14.8 Å². The van der Waals surface area contributed by atoms with Crippen LogP contribution in [0.15, 0.2) is 48.5 Å². The van der Waals surface area contributed by atoms with E-state index in [1.54, 1.807) is 4.57 Å². The van der Waals surface area contributed by atoms with E-state index in [2.05, 4.69) is 15.5 Å². The number of rotatable bonds is 5. The zero-order valence-corrected chi connectivity index (χ0v) is 14.4. The average molecular weight is 356 g/mol. The summed E-state index contributed by atoms with van der Waals surface area (Å²) in [4.78, 5) is 12.1. The van der Waals surface area contributed by atoms with E-state index in [-0.39, 0.29) is 18.1 Å². The summed E-state index contributed by atoms with van der Waals surface area (Å²) in [5.41, 5.74) is 2.64. The SMILES string of the molecule is Cc1ccc(-c2n[nH]c(=S)n2CCC(=O)Nc2ccc(F)cc2)cc1. The largest absolute Gasteiger partial charge is 0.326 e. The van der Waals surface area contributed by atoms with Gasteiger partial charge in [0.15, 0.2) is 10.6 Å². The topological polar surface area (TPSA) is 62.7 Å². The van der Waals surface area contributed by atoms with Gasteiger partial charge in [0, 0.05) is 24.2 Å². The van der Waals surface area contributed by atoms with Crippen molar-refractivity contribution >= 4 is 23.8 Å². The third kappa shape index (κ3) is 4.19. The molecule has 0 spiro atoms. The molecule has 2 N–H and O–H groups in total. The van der Waals surface area contributed by atoms with Gasteiger partial charge in [0.1, 0.15) is 5.82 Å². The maximum atomic E-state index is 12.9. The molecule has 0 saturated heterocycles. The van der Waals surface area contributed by atoms with Gasteiger partial charge < -0.3 is 5.32 Å². The van der Waals surface area contributed by atoms with Gasteiger partial charge in [-0.1, -0.05) is 29.8 Å². The molecule has 1 aromatic heterocycles. The van der Waals surface area contributed by atoms with Crippen LogP contribution in [0.2, 0.25) is 0 Å². The Morgan fingerprint density at radius 3 is 2.56 bits per heavy atom. The van der Waals surface area contributed by atoms with Crippen LogP contribution in [0.4, 0.5) is 10.1 Å². The van der Waals surface area contributed by atoms with Gasteiger partial charge in [0.05, 0.1) is 0 Å². The zero-order chi connectivity index (χ0) is 17.8. The molecule has 0 fully saturated rings. The number of nitrogens with one attached hydrogen (secondary N) is 2. The van der Waals surface area contributed by atoms with Crippen LogP contribution >= 0.6 is 12.2 Å². The molecule has 25 heavy (non-hydrogen) atoms. The molecule has 0 aliphatic heterocycles. The molecule has 5 nitrogen and oxygen atoms in total. The van der Waals surface area contributed by atoms with Crippen molar-refractivity contribution in [2.45, 2.75) is 19.9 Å². The summed E-state index contributed by atoms with van der Waals surface area (Å²) in [6.07, 6.45) is 0.226. The highest BCUT2D eigenvalue weighted by molar-refractivity contribution is 7.71. The number of carbonyl (C=O) groups excluding carboxylic acids is 1. The number of aromatic nitrogens is 3. The van der Waals surface area contributed by atoms with Gasteiger partial charge in [0.2, 0.25) is 5.91 Å². The highest BCUT2D eigenvalue weighted by Gasteiger charge is 2.11. The highest BCUT2D eigenvalue weighted by Crippen LogP contribution is 2.18. The number of amides is 1. The predicted molar refractivity (Wildman–Crippen MR) is 97.2 cm³/mol. The maximum Gasteiger partial charge on any atom is 0.226 e. The molecule has 0 bridgehead atoms. The smallest absolute Gasteiger partial charge is 0.226 e. The fourth-order valence-corrected chi connectivity index (χ4v) is 2.64. The van der Waals surface area contributed by atoms with Crippen molar-refractivity contribution in [2.75, 3.05) is 5.32 Å². The number of nitrogens with zero attached hydrogens (tertiary/aromatic N) is 2. The molecular formula is C18H17FN4OS. The normalized spacial score (nSPS) is 10.6. The van der Waals surface area contributed by atoms with E-state index in [1.165, 1.54) is 24.3 Å². The number of hydrogen-bond acceptors (Lipinski definition) is 3. The lowest BCUT2D eigenvalue weighted by atomic mass is 10.1. The Hall–Kier alpha value is -2.80. The van der Waals surface area contributed by atoms with Crippen molar-refractivity contribution in [2.24, 2.45) is 0 Å². The lowest BCUT2D eigenvalue weighted by molar-refractivity contribution is -0.116. The van der Waals surface area contributed by atoms with Crippen LogP contribution in [0.3, 0.4) is 0 Å². The summed E-state index contributed by atoms with van der Waals surface area (Å²) in [5.74, 6) is 0.176. The van der Waals surface area contributed by atoms with Crippen molar-refractivity contribution in [3.05, 3.63) is 64.7 Å². The summed E-state index contributed by atoms with van der Waals surface area (Å²) < 4.78 is 15.2. The number of hydrogen-bond donors (Lipinski definition) is 2. The number of halogens is 1. The van der Waals surface area contributed by atoms with Crippen LogP contribution in [0.1, 0.15) is 12.0 Å². The number of benzene rings is 2. The molecule has 0 radical (unpaired) electrons. The van der Waals surface area contributed by atoms with Gasteiger partial charge in [-0.3, -0.25) is 14.5 Å². The van der Waals surface area contributed by atoms with Crippen molar-refractivity contribution < 1.29 is 9.18 Å². The standard InChI is InChI=1S/C18H17FN4OS/c1-12-2-4-13(5-3-12)17-21-22-18(25)23(17)11-10-16(24)20-15-8-6-14(19)7-9-15/h2-9H,10-11H2,1H3,(H,20,24)(H,22,25). The van der Waals surface area contributed by atoms with Crippen molar-refractivity contribution in [3.63, 3.8) is 0 Å². The van der Waals surface area contributed by atoms with E-state index in [0.29, 0.717) is 22.8 Å². The van der Waals surface area contributed by atoms with E-state index in [9.17, 15) is 9.18 Å². The third-order valence-electron chi connectivity index (χ3n) is 3.76. The second kappa shape index (κ2) is 7.40. The molecule has 0 aliphatic carbocycles. The van der Waals surface area contributed by atoms with Crippen LogP contribution in [-0.2, 0) is 11.3 Å². The predicted octanol–water partition coefficient (Wildman–Crippen LogP) is 4.08. The molecule has 3 rings (SSSR count). The Morgan fingerprint density at radius 1 is 1.20 bits per heavy atom. The lowest BCUT2D eigenvalue weighted by Gasteiger charge is -2.08. The molecular weight excluding hydrogens is 339 g/mol. The van der Waals surface area contributed by atoms with E-state index < -0.39 is 0 Å². The summed E-state index contributed by atoms with van der Waals surface area (Å²) in [5, 5.41) is 9.77. The number of H-pyrrole nitrogens is 1. The Labute approximate surface area is 149 Å². The number of anilines is 1. The summed E-state index contributed by atoms with van der Waals surface area (Å²) >= 11 is 5.27. The first-order chi connectivity index (χ1) is 12.0. The second-order valence-electron chi connectivity index (χ2n) is 5.68. The lowest BCUT2D eigenvalue weighted by Crippen LogP contribution is -2.15. The molecule has 7 heteroatoms. The van der Waals surface area contributed by atoms with E-state index in [1.807, 2.05) is 31.2 Å². The average Bonchev–Trinajstić information content (AvgIpc) is 2.96. The van der Waals surface area contributed by atoms with E-state index in [0.717, 1.165) is 11.1 Å². The van der Waals surface area contributed by atoms with E-state index in [4.69, 9.17) is 12.2 Å². The Bertz CT molecular complexity index is 929. The van der Waals surface area contributed by atoms with Crippen LogP contribution in [0.5, 0.6) is 0 Å². The van der Waals surface area contributed by atoms with Crippen LogP contribution < -0.4 is 5.32 Å². The van der Waals surface area contributed by atoms with Crippen molar-refractivity contribution in [1.29, 1.82) is 0 Å².